The van der Waals surface area contributed by atoms with E-state index in [-0.39, 0.29) is 11.4 Å². The molecule has 0 radical (unpaired) electrons. The molecule has 0 amide bonds. The number of carbonyl (C=O) groups excluding carboxylic acids is 1. The lowest BCUT2D eigenvalue weighted by Gasteiger charge is -2.08. The van der Waals surface area contributed by atoms with Gasteiger partial charge in [0.1, 0.15) is 0 Å². The van der Waals surface area contributed by atoms with Gasteiger partial charge in [-0.05, 0) is 42.8 Å². The van der Waals surface area contributed by atoms with Crippen LogP contribution in [-0.4, -0.2) is 15.7 Å². The zero-order valence-electron chi connectivity index (χ0n) is 13.4. The van der Waals surface area contributed by atoms with E-state index in [0.717, 1.165) is 10.2 Å². The van der Waals surface area contributed by atoms with E-state index in [9.17, 15) is 18.0 Å². The molecule has 0 bridgehead atoms. The van der Waals surface area contributed by atoms with Gasteiger partial charge in [0.25, 0.3) is 0 Å². The second-order valence-corrected chi connectivity index (χ2v) is 6.43. The van der Waals surface area contributed by atoms with Crippen LogP contribution in [0.1, 0.15) is 21.6 Å². The Labute approximate surface area is 155 Å². The zero-order valence-corrected chi connectivity index (χ0v) is 15.0. The molecule has 0 unspecified atom stereocenters. The first-order valence-electron chi connectivity index (χ1n) is 7.46. The highest BCUT2D eigenvalue weighted by Crippen LogP contribution is 2.32. The summed E-state index contributed by atoms with van der Waals surface area (Å²) >= 11 is 3.23. The van der Waals surface area contributed by atoms with Gasteiger partial charge in [-0.3, -0.25) is 0 Å². The number of carbonyl (C=O) groups is 1. The molecule has 0 saturated carbocycles. The molecule has 0 atom stereocenters. The van der Waals surface area contributed by atoms with Crippen LogP contribution >= 0.6 is 15.9 Å². The summed E-state index contributed by atoms with van der Waals surface area (Å²) < 4.78 is 46.0. The predicted molar refractivity (Wildman–Crippen MR) is 92.4 cm³/mol. The summed E-state index contributed by atoms with van der Waals surface area (Å²) in [7, 11) is 0. The van der Waals surface area contributed by atoms with Crippen LogP contribution in [0.5, 0.6) is 5.88 Å². The monoisotopic (exact) mass is 424 g/mol. The summed E-state index contributed by atoms with van der Waals surface area (Å²) in [5.41, 5.74) is 0.245. The molecule has 1 heterocycles. The molecule has 2 aromatic carbocycles. The maximum absolute atomic E-state index is 13.1. The van der Waals surface area contributed by atoms with Crippen molar-refractivity contribution in [1.29, 1.82) is 0 Å². The van der Waals surface area contributed by atoms with Gasteiger partial charge in [0.15, 0.2) is 5.69 Å². The molecule has 26 heavy (non-hydrogen) atoms. The number of hydrogen-bond donors (Lipinski definition) is 0. The van der Waals surface area contributed by atoms with Gasteiger partial charge in [-0.25, -0.2) is 9.48 Å². The van der Waals surface area contributed by atoms with Crippen molar-refractivity contribution in [2.45, 2.75) is 13.1 Å². The highest BCUT2D eigenvalue weighted by Gasteiger charge is 2.36. The van der Waals surface area contributed by atoms with Crippen molar-refractivity contribution in [3.8, 4) is 11.6 Å². The standard InChI is InChI=1S/C18H12BrF3N2O2/c1-11-4-2-7-14(8-11)24-16(10-15(23-24)18(20,21)22)26-17(25)12-5-3-6-13(19)9-12/h2-10H,1H3. The molecule has 8 heteroatoms. The quantitative estimate of drug-likeness (QED) is 0.544. The third kappa shape index (κ3) is 3.96. The van der Waals surface area contributed by atoms with Crippen LogP contribution in [0.25, 0.3) is 5.69 Å². The van der Waals surface area contributed by atoms with E-state index in [1.165, 1.54) is 12.1 Å². The van der Waals surface area contributed by atoms with Crippen LogP contribution in [0.3, 0.4) is 0 Å². The largest absolute Gasteiger partial charge is 0.435 e. The third-order valence-corrected chi connectivity index (χ3v) is 3.96. The van der Waals surface area contributed by atoms with Crippen molar-refractivity contribution in [3.05, 3.63) is 75.9 Å². The molecular weight excluding hydrogens is 413 g/mol. The summed E-state index contributed by atoms with van der Waals surface area (Å²) in [4.78, 5) is 12.3. The first-order valence-corrected chi connectivity index (χ1v) is 8.25. The topological polar surface area (TPSA) is 44.1 Å². The fourth-order valence-corrected chi connectivity index (χ4v) is 2.69. The van der Waals surface area contributed by atoms with E-state index < -0.39 is 17.8 Å². The molecule has 0 aliphatic carbocycles. The van der Waals surface area contributed by atoms with Crippen molar-refractivity contribution in [3.63, 3.8) is 0 Å². The van der Waals surface area contributed by atoms with Crippen LogP contribution < -0.4 is 4.74 Å². The summed E-state index contributed by atoms with van der Waals surface area (Å²) in [6.45, 7) is 1.80. The molecule has 4 nitrogen and oxygen atoms in total. The van der Waals surface area contributed by atoms with Gasteiger partial charge >= 0.3 is 12.1 Å². The summed E-state index contributed by atoms with van der Waals surface area (Å²) in [5.74, 6) is -1.10. The fraction of sp³-hybridized carbons (Fsp3) is 0.111. The minimum absolute atomic E-state index is 0.199. The average molecular weight is 425 g/mol. The lowest BCUT2D eigenvalue weighted by molar-refractivity contribution is -0.141. The smallest absolute Gasteiger partial charge is 0.404 e. The van der Waals surface area contributed by atoms with E-state index in [1.54, 1.807) is 43.3 Å². The van der Waals surface area contributed by atoms with Gasteiger partial charge in [-0.1, -0.05) is 34.1 Å². The van der Waals surface area contributed by atoms with Crippen LogP contribution in [0, 0.1) is 6.92 Å². The first-order chi connectivity index (χ1) is 12.2. The number of alkyl halides is 3. The third-order valence-electron chi connectivity index (χ3n) is 3.47. The van der Waals surface area contributed by atoms with Gasteiger partial charge in [0.05, 0.1) is 11.3 Å². The summed E-state index contributed by atoms with van der Waals surface area (Å²) in [5, 5.41) is 3.56. The fourth-order valence-electron chi connectivity index (χ4n) is 2.29. The number of rotatable bonds is 3. The van der Waals surface area contributed by atoms with Crippen molar-refractivity contribution in [1.82, 2.24) is 9.78 Å². The molecule has 1 aromatic heterocycles. The Kier molecular flexibility index (Phi) is 4.86. The summed E-state index contributed by atoms with van der Waals surface area (Å²) in [6, 6.07) is 13.8. The van der Waals surface area contributed by atoms with Gasteiger partial charge < -0.3 is 4.74 Å². The Hall–Kier alpha value is -2.61. The van der Waals surface area contributed by atoms with E-state index >= 15 is 0 Å². The van der Waals surface area contributed by atoms with E-state index in [1.807, 2.05) is 0 Å². The number of aryl methyl sites for hydroxylation is 1. The van der Waals surface area contributed by atoms with Crippen LogP contribution in [0.4, 0.5) is 13.2 Å². The average Bonchev–Trinajstić information content (AvgIpc) is 2.99. The van der Waals surface area contributed by atoms with Crippen LogP contribution in [-0.2, 0) is 6.18 Å². The molecule has 134 valence electrons. The summed E-state index contributed by atoms with van der Waals surface area (Å²) in [6.07, 6.45) is -4.66. The van der Waals surface area contributed by atoms with Crippen molar-refractivity contribution in [2.75, 3.05) is 0 Å². The Bertz CT molecular complexity index is 967. The maximum Gasteiger partial charge on any atom is 0.435 e. The van der Waals surface area contributed by atoms with E-state index in [0.29, 0.717) is 16.2 Å². The van der Waals surface area contributed by atoms with E-state index in [2.05, 4.69) is 21.0 Å². The first kappa shape index (κ1) is 18.2. The Morgan fingerprint density at radius 1 is 1.12 bits per heavy atom. The second kappa shape index (κ2) is 6.95. The van der Waals surface area contributed by atoms with Crippen molar-refractivity contribution in [2.24, 2.45) is 0 Å². The second-order valence-electron chi connectivity index (χ2n) is 5.52. The zero-order chi connectivity index (χ0) is 18.9. The molecule has 3 aromatic rings. The van der Waals surface area contributed by atoms with Gasteiger partial charge in [-0.15, -0.1) is 0 Å². The molecule has 0 aliphatic rings. The number of ether oxygens (including phenoxy) is 1. The lowest BCUT2D eigenvalue weighted by atomic mass is 10.2. The molecule has 3 rings (SSSR count). The van der Waals surface area contributed by atoms with E-state index in [4.69, 9.17) is 4.74 Å². The number of halogens is 4. The molecule has 0 saturated heterocycles. The van der Waals surface area contributed by atoms with Crippen LogP contribution in [0.15, 0.2) is 59.1 Å². The number of esters is 1. The Morgan fingerprint density at radius 3 is 2.50 bits per heavy atom. The predicted octanol–water partition coefficient (Wildman–Crippen LogP) is 5.18. The minimum atomic E-state index is -4.66. The number of benzene rings is 2. The maximum atomic E-state index is 13.1. The van der Waals surface area contributed by atoms with Crippen molar-refractivity contribution >= 4 is 21.9 Å². The van der Waals surface area contributed by atoms with Gasteiger partial charge in [-0.2, -0.15) is 18.3 Å². The Morgan fingerprint density at radius 2 is 1.85 bits per heavy atom. The molecule has 0 fully saturated rings. The van der Waals surface area contributed by atoms with Crippen molar-refractivity contribution < 1.29 is 22.7 Å². The highest BCUT2D eigenvalue weighted by atomic mass is 79.9. The van der Waals surface area contributed by atoms with Gasteiger partial charge in [0, 0.05) is 10.5 Å². The SMILES string of the molecule is Cc1cccc(-n2nc(C(F)(F)F)cc2OC(=O)c2cccc(Br)c2)c1. The molecule has 0 spiro atoms. The number of nitrogens with zero attached hydrogens (tertiary/aromatic N) is 2. The molecular formula is C18H12BrF3N2O2. The molecule has 0 N–H and O–H groups in total. The van der Waals surface area contributed by atoms with Crippen LogP contribution in [0.2, 0.25) is 0 Å². The number of aromatic nitrogens is 2. The number of hydrogen-bond acceptors (Lipinski definition) is 3. The highest BCUT2D eigenvalue weighted by molar-refractivity contribution is 9.10. The minimum Gasteiger partial charge on any atom is -0.404 e. The van der Waals surface area contributed by atoms with Gasteiger partial charge in [0.2, 0.25) is 5.88 Å². The Balaban J connectivity index is 2.02. The lowest BCUT2D eigenvalue weighted by Crippen LogP contribution is -2.12. The molecule has 0 aliphatic heterocycles. The normalized spacial score (nSPS) is 11.4.